The maximum absolute atomic E-state index is 12.5. The van der Waals surface area contributed by atoms with Crippen LogP contribution in [0, 0.1) is 12.8 Å². The number of amides is 1. The van der Waals surface area contributed by atoms with Crippen LogP contribution in [-0.2, 0) is 4.79 Å². The van der Waals surface area contributed by atoms with Crippen molar-refractivity contribution in [2.24, 2.45) is 5.92 Å². The van der Waals surface area contributed by atoms with Crippen LogP contribution in [0.15, 0.2) is 24.5 Å². The average molecular weight is 347 g/mol. The molecule has 3 N–H and O–H groups in total. The van der Waals surface area contributed by atoms with Crippen LogP contribution in [0.2, 0.25) is 5.02 Å². The highest BCUT2D eigenvalue weighted by atomic mass is 35.5. The SMILES string of the molecule is Cc1cccc(NC(=O)C2CCCN(c3ncnc(N)c3Cl)C2)n1. The summed E-state index contributed by atoms with van der Waals surface area (Å²) < 4.78 is 0. The molecule has 7 nitrogen and oxygen atoms in total. The maximum atomic E-state index is 12.5. The van der Waals surface area contributed by atoms with E-state index in [9.17, 15) is 4.79 Å². The van der Waals surface area contributed by atoms with Crippen molar-refractivity contribution in [2.75, 3.05) is 29.0 Å². The number of nitrogens with zero attached hydrogens (tertiary/aromatic N) is 4. The predicted molar refractivity (Wildman–Crippen MR) is 94.0 cm³/mol. The molecule has 1 amide bonds. The molecule has 1 aliphatic rings. The number of anilines is 3. The fraction of sp³-hybridized carbons (Fsp3) is 0.375. The molecule has 1 aliphatic heterocycles. The van der Waals surface area contributed by atoms with Gasteiger partial charge in [0.1, 0.15) is 23.0 Å². The smallest absolute Gasteiger partial charge is 0.230 e. The van der Waals surface area contributed by atoms with E-state index < -0.39 is 0 Å². The summed E-state index contributed by atoms with van der Waals surface area (Å²) in [5, 5.41) is 3.22. The number of carbonyl (C=O) groups is 1. The van der Waals surface area contributed by atoms with Crippen LogP contribution in [0.4, 0.5) is 17.5 Å². The molecule has 8 heteroatoms. The first-order valence-electron chi connectivity index (χ1n) is 7.80. The van der Waals surface area contributed by atoms with Crippen LogP contribution < -0.4 is 16.0 Å². The van der Waals surface area contributed by atoms with Crippen molar-refractivity contribution < 1.29 is 4.79 Å². The molecule has 1 fully saturated rings. The number of rotatable bonds is 3. The third kappa shape index (κ3) is 3.56. The second kappa shape index (κ2) is 7.00. The molecular weight excluding hydrogens is 328 g/mol. The van der Waals surface area contributed by atoms with Gasteiger partial charge in [-0.1, -0.05) is 17.7 Å². The molecule has 0 radical (unpaired) electrons. The molecule has 1 atom stereocenters. The second-order valence-electron chi connectivity index (χ2n) is 5.84. The van der Waals surface area contributed by atoms with Gasteiger partial charge in [-0.3, -0.25) is 4.79 Å². The van der Waals surface area contributed by atoms with Gasteiger partial charge in [0.15, 0.2) is 5.82 Å². The van der Waals surface area contributed by atoms with Gasteiger partial charge in [0.2, 0.25) is 5.91 Å². The van der Waals surface area contributed by atoms with Crippen molar-refractivity contribution in [3.63, 3.8) is 0 Å². The first-order chi connectivity index (χ1) is 11.5. The molecule has 2 aromatic rings. The second-order valence-corrected chi connectivity index (χ2v) is 6.21. The van der Waals surface area contributed by atoms with Gasteiger partial charge in [-0.15, -0.1) is 0 Å². The Balaban J connectivity index is 1.71. The summed E-state index contributed by atoms with van der Waals surface area (Å²) in [6.07, 6.45) is 3.07. The van der Waals surface area contributed by atoms with Crippen molar-refractivity contribution in [1.82, 2.24) is 15.0 Å². The van der Waals surface area contributed by atoms with E-state index in [1.54, 1.807) is 6.07 Å². The maximum Gasteiger partial charge on any atom is 0.230 e. The minimum Gasteiger partial charge on any atom is -0.382 e. The van der Waals surface area contributed by atoms with E-state index >= 15 is 0 Å². The Morgan fingerprint density at radius 1 is 1.42 bits per heavy atom. The number of aryl methyl sites for hydroxylation is 1. The molecule has 0 aliphatic carbocycles. The molecule has 24 heavy (non-hydrogen) atoms. The Bertz CT molecular complexity index is 753. The molecule has 1 unspecified atom stereocenters. The third-order valence-electron chi connectivity index (χ3n) is 4.03. The number of aromatic nitrogens is 3. The van der Waals surface area contributed by atoms with Crippen LogP contribution in [0.1, 0.15) is 18.5 Å². The zero-order chi connectivity index (χ0) is 17.1. The lowest BCUT2D eigenvalue weighted by molar-refractivity contribution is -0.120. The van der Waals surface area contributed by atoms with Crippen molar-refractivity contribution in [1.29, 1.82) is 0 Å². The minimum atomic E-state index is -0.159. The van der Waals surface area contributed by atoms with Crippen molar-refractivity contribution in [3.05, 3.63) is 35.2 Å². The van der Waals surface area contributed by atoms with Crippen LogP contribution in [0.25, 0.3) is 0 Å². The summed E-state index contributed by atoms with van der Waals surface area (Å²) in [4.78, 5) is 26.9. The largest absolute Gasteiger partial charge is 0.382 e. The topological polar surface area (TPSA) is 97.0 Å². The average Bonchev–Trinajstić information content (AvgIpc) is 2.57. The van der Waals surface area contributed by atoms with Gasteiger partial charge in [-0.2, -0.15) is 0 Å². The first kappa shape index (κ1) is 16.4. The highest BCUT2D eigenvalue weighted by molar-refractivity contribution is 6.35. The number of nitrogen functional groups attached to an aromatic ring is 1. The summed E-state index contributed by atoms with van der Waals surface area (Å²) in [5.74, 6) is 1.19. The molecule has 0 bridgehead atoms. The summed E-state index contributed by atoms with van der Waals surface area (Å²) in [5.41, 5.74) is 6.60. The first-order valence-corrected chi connectivity index (χ1v) is 8.18. The van der Waals surface area contributed by atoms with Gasteiger partial charge in [0, 0.05) is 18.8 Å². The lowest BCUT2D eigenvalue weighted by atomic mass is 9.97. The van der Waals surface area contributed by atoms with Crippen LogP contribution in [0.3, 0.4) is 0 Å². The zero-order valence-electron chi connectivity index (χ0n) is 13.4. The molecule has 126 valence electrons. The number of carbonyl (C=O) groups excluding carboxylic acids is 1. The Kier molecular flexibility index (Phi) is 4.80. The van der Waals surface area contributed by atoms with Crippen molar-refractivity contribution in [3.8, 4) is 0 Å². The number of hydrogen-bond donors (Lipinski definition) is 2. The Labute approximate surface area is 145 Å². The van der Waals surface area contributed by atoms with E-state index in [1.807, 2.05) is 24.0 Å². The number of halogens is 1. The standard InChI is InChI=1S/C16H19ClN6O/c1-10-4-2-6-12(21-10)22-16(24)11-5-3-7-23(8-11)15-13(17)14(18)19-9-20-15/h2,4,6,9,11H,3,5,7-8H2,1H3,(H2,18,19,20)(H,21,22,24). The normalized spacial score (nSPS) is 17.6. The molecule has 0 saturated carbocycles. The molecule has 3 rings (SSSR count). The van der Waals surface area contributed by atoms with Crippen LogP contribution in [-0.4, -0.2) is 33.9 Å². The fourth-order valence-electron chi connectivity index (χ4n) is 2.82. The number of nitrogens with one attached hydrogen (secondary N) is 1. The Hall–Kier alpha value is -2.41. The van der Waals surface area contributed by atoms with Crippen LogP contribution >= 0.6 is 11.6 Å². The molecular formula is C16H19ClN6O. The highest BCUT2D eigenvalue weighted by Crippen LogP contribution is 2.30. The monoisotopic (exact) mass is 346 g/mol. The molecule has 2 aromatic heterocycles. The molecule has 0 aromatic carbocycles. The van der Waals surface area contributed by atoms with E-state index in [4.69, 9.17) is 17.3 Å². The van der Waals surface area contributed by atoms with Gasteiger partial charge in [0.25, 0.3) is 0 Å². The summed E-state index contributed by atoms with van der Waals surface area (Å²) in [7, 11) is 0. The Morgan fingerprint density at radius 3 is 3.04 bits per heavy atom. The Morgan fingerprint density at radius 2 is 2.25 bits per heavy atom. The summed E-state index contributed by atoms with van der Waals surface area (Å²) in [6, 6.07) is 5.54. The van der Waals surface area contributed by atoms with E-state index in [1.165, 1.54) is 6.33 Å². The lowest BCUT2D eigenvalue weighted by Crippen LogP contribution is -2.41. The van der Waals surface area contributed by atoms with Gasteiger partial charge in [0.05, 0.1) is 5.92 Å². The highest BCUT2D eigenvalue weighted by Gasteiger charge is 2.28. The summed E-state index contributed by atoms with van der Waals surface area (Å²) in [6.45, 7) is 3.20. The fourth-order valence-corrected chi connectivity index (χ4v) is 3.04. The molecule has 0 spiro atoms. The van der Waals surface area contributed by atoms with Crippen molar-refractivity contribution >= 4 is 35.0 Å². The number of nitrogens with two attached hydrogens (primary N) is 1. The van der Waals surface area contributed by atoms with E-state index in [0.29, 0.717) is 23.2 Å². The number of piperidine rings is 1. The van der Waals surface area contributed by atoms with E-state index in [-0.39, 0.29) is 17.6 Å². The number of pyridine rings is 1. The predicted octanol–water partition coefficient (Wildman–Crippen LogP) is 2.27. The van der Waals surface area contributed by atoms with Gasteiger partial charge in [-0.05, 0) is 31.9 Å². The lowest BCUT2D eigenvalue weighted by Gasteiger charge is -2.33. The minimum absolute atomic E-state index is 0.0454. The molecule has 1 saturated heterocycles. The van der Waals surface area contributed by atoms with Gasteiger partial charge >= 0.3 is 0 Å². The van der Waals surface area contributed by atoms with E-state index in [2.05, 4.69) is 20.3 Å². The van der Waals surface area contributed by atoms with Crippen LogP contribution in [0.5, 0.6) is 0 Å². The van der Waals surface area contributed by atoms with Crippen molar-refractivity contribution in [2.45, 2.75) is 19.8 Å². The van der Waals surface area contributed by atoms with Gasteiger partial charge < -0.3 is 16.0 Å². The third-order valence-corrected chi connectivity index (χ3v) is 4.39. The summed E-state index contributed by atoms with van der Waals surface area (Å²) >= 11 is 6.20. The van der Waals surface area contributed by atoms with E-state index in [0.717, 1.165) is 25.1 Å². The number of hydrogen-bond acceptors (Lipinski definition) is 6. The van der Waals surface area contributed by atoms with Gasteiger partial charge in [-0.25, -0.2) is 15.0 Å². The quantitative estimate of drug-likeness (QED) is 0.884. The molecule has 3 heterocycles. The zero-order valence-corrected chi connectivity index (χ0v) is 14.1.